The van der Waals surface area contributed by atoms with Crippen LogP contribution in [0.5, 0.6) is 0 Å². The highest BCUT2D eigenvalue weighted by atomic mass is 32.2. The van der Waals surface area contributed by atoms with Gasteiger partial charge in [0, 0.05) is 35.8 Å². The summed E-state index contributed by atoms with van der Waals surface area (Å²) in [7, 11) is 0. The van der Waals surface area contributed by atoms with Crippen molar-refractivity contribution in [2.45, 2.75) is 18.2 Å². The second kappa shape index (κ2) is 6.87. The van der Waals surface area contributed by atoms with Crippen molar-refractivity contribution in [1.29, 1.82) is 0 Å². The zero-order chi connectivity index (χ0) is 16.2. The van der Waals surface area contributed by atoms with Crippen molar-refractivity contribution in [2.75, 3.05) is 12.8 Å². The molecule has 5 heteroatoms. The van der Waals surface area contributed by atoms with Crippen molar-refractivity contribution >= 4 is 23.3 Å². The maximum absolute atomic E-state index is 12.4. The number of aromatic nitrogens is 2. The van der Waals surface area contributed by atoms with Gasteiger partial charge in [0.25, 0.3) is 5.91 Å². The zero-order valence-corrected chi connectivity index (χ0v) is 14.1. The van der Waals surface area contributed by atoms with Crippen LogP contribution in [-0.4, -0.2) is 28.1 Å². The molecule has 0 spiro atoms. The molecule has 0 aliphatic carbocycles. The van der Waals surface area contributed by atoms with E-state index in [1.807, 2.05) is 66.4 Å². The number of pyridine rings is 1. The lowest BCUT2D eigenvalue weighted by atomic mass is 10.1. The normalized spacial score (nSPS) is 10.9. The average molecular weight is 325 g/mol. The van der Waals surface area contributed by atoms with Gasteiger partial charge in [-0.1, -0.05) is 12.1 Å². The van der Waals surface area contributed by atoms with Crippen LogP contribution in [0.4, 0.5) is 0 Å². The molecule has 118 valence electrons. The minimum Gasteiger partial charge on any atom is -0.352 e. The lowest BCUT2D eigenvalue weighted by Gasteiger charge is -2.08. The number of imidazole rings is 1. The number of fused-ring (bicyclic) bond motifs is 1. The summed E-state index contributed by atoms with van der Waals surface area (Å²) in [6.07, 6.45) is 6.70. The van der Waals surface area contributed by atoms with Gasteiger partial charge >= 0.3 is 0 Å². The summed E-state index contributed by atoms with van der Waals surface area (Å²) in [5, 5.41) is 2.99. The Balaban J connectivity index is 1.63. The summed E-state index contributed by atoms with van der Waals surface area (Å²) in [6.45, 7) is 2.53. The van der Waals surface area contributed by atoms with Crippen molar-refractivity contribution in [3.8, 4) is 0 Å². The van der Waals surface area contributed by atoms with Crippen LogP contribution in [0.1, 0.15) is 21.6 Å². The molecule has 0 radical (unpaired) electrons. The van der Waals surface area contributed by atoms with E-state index in [-0.39, 0.29) is 5.91 Å². The number of hydrogen-bond donors (Lipinski definition) is 1. The lowest BCUT2D eigenvalue weighted by Crippen LogP contribution is -2.26. The molecule has 0 aliphatic rings. The maximum atomic E-state index is 12.4. The van der Waals surface area contributed by atoms with Crippen molar-refractivity contribution in [1.82, 2.24) is 14.7 Å². The SMILES string of the molecule is CSc1ccc(C)c(C(=O)NCCc2cn3ccccc3n2)c1. The quantitative estimate of drug-likeness (QED) is 0.732. The van der Waals surface area contributed by atoms with Crippen LogP contribution in [0.2, 0.25) is 0 Å². The van der Waals surface area contributed by atoms with Gasteiger partial charge in [0.1, 0.15) is 5.65 Å². The molecular weight excluding hydrogens is 306 g/mol. The molecule has 0 saturated heterocycles. The number of benzene rings is 1. The number of hydrogen-bond acceptors (Lipinski definition) is 3. The minimum atomic E-state index is -0.0258. The standard InChI is InChI=1S/C18H19N3OS/c1-13-6-7-15(23-2)11-16(13)18(22)19-9-8-14-12-21-10-4-3-5-17(21)20-14/h3-7,10-12H,8-9H2,1-2H3,(H,19,22). The van der Waals surface area contributed by atoms with Gasteiger partial charge in [-0.25, -0.2) is 4.98 Å². The molecule has 23 heavy (non-hydrogen) atoms. The van der Waals surface area contributed by atoms with E-state index in [2.05, 4.69) is 10.3 Å². The highest BCUT2D eigenvalue weighted by molar-refractivity contribution is 7.98. The predicted molar refractivity (Wildman–Crippen MR) is 94.2 cm³/mol. The van der Waals surface area contributed by atoms with Crippen LogP contribution in [0.25, 0.3) is 5.65 Å². The first-order chi connectivity index (χ1) is 11.2. The average Bonchev–Trinajstić information content (AvgIpc) is 2.98. The molecule has 0 fully saturated rings. The topological polar surface area (TPSA) is 46.4 Å². The number of amides is 1. The van der Waals surface area contributed by atoms with Gasteiger partial charge in [0.05, 0.1) is 5.69 Å². The molecule has 3 aromatic rings. The van der Waals surface area contributed by atoms with E-state index in [1.165, 1.54) is 0 Å². The summed E-state index contributed by atoms with van der Waals surface area (Å²) >= 11 is 1.64. The van der Waals surface area contributed by atoms with E-state index in [1.54, 1.807) is 11.8 Å². The Morgan fingerprint density at radius 1 is 1.30 bits per heavy atom. The van der Waals surface area contributed by atoms with Crippen molar-refractivity contribution in [3.63, 3.8) is 0 Å². The largest absolute Gasteiger partial charge is 0.352 e. The molecule has 3 rings (SSSR count). The van der Waals surface area contributed by atoms with Crippen molar-refractivity contribution in [2.24, 2.45) is 0 Å². The smallest absolute Gasteiger partial charge is 0.251 e. The molecule has 1 N–H and O–H groups in total. The van der Waals surface area contributed by atoms with E-state index < -0.39 is 0 Å². The molecule has 1 amide bonds. The third kappa shape index (κ3) is 3.56. The highest BCUT2D eigenvalue weighted by Crippen LogP contribution is 2.19. The fraction of sp³-hybridized carbons (Fsp3) is 0.222. The Labute approximate surface area is 139 Å². The summed E-state index contributed by atoms with van der Waals surface area (Å²) in [5.74, 6) is -0.0258. The fourth-order valence-corrected chi connectivity index (χ4v) is 2.92. The predicted octanol–water partition coefficient (Wildman–Crippen LogP) is 3.34. The Hall–Kier alpha value is -2.27. The number of rotatable bonds is 5. The maximum Gasteiger partial charge on any atom is 0.251 e. The van der Waals surface area contributed by atoms with Crippen LogP contribution >= 0.6 is 11.8 Å². The third-order valence-electron chi connectivity index (χ3n) is 3.77. The summed E-state index contributed by atoms with van der Waals surface area (Å²) in [4.78, 5) is 18.0. The van der Waals surface area contributed by atoms with Gasteiger partial charge in [0.2, 0.25) is 0 Å². The van der Waals surface area contributed by atoms with Gasteiger partial charge in [0.15, 0.2) is 0 Å². The minimum absolute atomic E-state index is 0.0258. The van der Waals surface area contributed by atoms with Gasteiger partial charge in [-0.3, -0.25) is 4.79 Å². The molecule has 0 unspecified atom stereocenters. The molecule has 0 saturated carbocycles. The molecule has 2 aromatic heterocycles. The van der Waals surface area contributed by atoms with Gasteiger partial charge < -0.3 is 9.72 Å². The summed E-state index contributed by atoms with van der Waals surface area (Å²) in [5.41, 5.74) is 3.64. The van der Waals surface area contributed by atoms with Crippen LogP contribution < -0.4 is 5.32 Å². The molecular formula is C18H19N3OS. The number of carbonyl (C=O) groups is 1. The summed E-state index contributed by atoms with van der Waals surface area (Å²) in [6, 6.07) is 11.9. The van der Waals surface area contributed by atoms with Crippen molar-refractivity contribution < 1.29 is 4.79 Å². The highest BCUT2D eigenvalue weighted by Gasteiger charge is 2.10. The van der Waals surface area contributed by atoms with Crippen LogP contribution in [0.3, 0.4) is 0 Å². The first-order valence-electron chi connectivity index (χ1n) is 7.53. The zero-order valence-electron chi connectivity index (χ0n) is 13.2. The van der Waals surface area contributed by atoms with Crippen molar-refractivity contribution in [3.05, 3.63) is 65.6 Å². The fourth-order valence-electron chi connectivity index (χ4n) is 2.48. The number of carbonyl (C=O) groups excluding carboxylic acids is 1. The van der Waals surface area contributed by atoms with Crippen LogP contribution in [0.15, 0.2) is 53.7 Å². The molecule has 0 aliphatic heterocycles. The summed E-state index contributed by atoms with van der Waals surface area (Å²) < 4.78 is 1.99. The second-order valence-corrected chi connectivity index (χ2v) is 6.26. The number of thioether (sulfide) groups is 1. The Morgan fingerprint density at radius 3 is 2.96 bits per heavy atom. The van der Waals surface area contributed by atoms with Gasteiger partial charge in [-0.05, 0) is 43.0 Å². The van der Waals surface area contributed by atoms with E-state index in [4.69, 9.17) is 0 Å². The molecule has 1 aromatic carbocycles. The number of nitrogens with zero attached hydrogens (tertiary/aromatic N) is 2. The lowest BCUT2D eigenvalue weighted by molar-refractivity contribution is 0.0953. The Bertz CT molecular complexity index is 808. The van der Waals surface area contributed by atoms with E-state index in [9.17, 15) is 4.79 Å². The number of aryl methyl sites for hydroxylation is 1. The first-order valence-corrected chi connectivity index (χ1v) is 8.75. The third-order valence-corrected chi connectivity index (χ3v) is 4.50. The van der Waals surface area contributed by atoms with Crippen LogP contribution in [0, 0.1) is 6.92 Å². The first kappa shape index (κ1) is 15.6. The van der Waals surface area contributed by atoms with Gasteiger partial charge in [-0.15, -0.1) is 11.8 Å². The van der Waals surface area contributed by atoms with E-state index in [0.717, 1.165) is 27.4 Å². The monoisotopic (exact) mass is 325 g/mol. The van der Waals surface area contributed by atoms with Gasteiger partial charge in [-0.2, -0.15) is 0 Å². The number of nitrogens with one attached hydrogen (secondary N) is 1. The molecule has 0 bridgehead atoms. The Kier molecular flexibility index (Phi) is 4.67. The van der Waals surface area contributed by atoms with Crippen LogP contribution in [-0.2, 0) is 6.42 Å². The second-order valence-electron chi connectivity index (χ2n) is 5.39. The molecule has 0 atom stereocenters. The van der Waals surface area contributed by atoms with E-state index >= 15 is 0 Å². The Morgan fingerprint density at radius 2 is 2.17 bits per heavy atom. The van der Waals surface area contributed by atoms with E-state index in [0.29, 0.717) is 13.0 Å². The molecule has 2 heterocycles. The molecule has 4 nitrogen and oxygen atoms in total.